The summed E-state index contributed by atoms with van der Waals surface area (Å²) >= 11 is 0. The van der Waals surface area contributed by atoms with Crippen molar-refractivity contribution in [2.75, 3.05) is 7.11 Å². The van der Waals surface area contributed by atoms with E-state index in [1.165, 1.54) is 58.5 Å². The summed E-state index contributed by atoms with van der Waals surface area (Å²) in [5.41, 5.74) is 0.549. The lowest BCUT2D eigenvalue weighted by Gasteiger charge is -2.73. The molecule has 10 atom stereocenters. The number of carbonyl (C=O) groups excluding carboxylic acids is 1. The highest BCUT2D eigenvalue weighted by atomic mass is 16.5. The van der Waals surface area contributed by atoms with Gasteiger partial charge >= 0.3 is 5.97 Å². The Balaban J connectivity index is 1.49. The first kappa shape index (κ1) is 25.1. The number of hydrogen-bond acceptors (Lipinski definition) is 3. The van der Waals surface area contributed by atoms with E-state index in [9.17, 15) is 9.90 Å². The summed E-state index contributed by atoms with van der Waals surface area (Å²) in [5, 5.41) is 11.3. The Bertz CT molecular complexity index is 846. The van der Waals surface area contributed by atoms with Crippen LogP contribution in [0.25, 0.3) is 0 Å². The first-order chi connectivity index (χ1) is 15.7. The summed E-state index contributed by atoms with van der Waals surface area (Å²) in [6.07, 6.45) is 14.2. The lowest BCUT2D eigenvalue weighted by atomic mass is 9.32. The van der Waals surface area contributed by atoms with Gasteiger partial charge in [-0.05, 0) is 122 Å². The van der Waals surface area contributed by atoms with Gasteiger partial charge in [0.05, 0.1) is 7.11 Å². The summed E-state index contributed by atoms with van der Waals surface area (Å²) in [4.78, 5) is 12.5. The van der Waals surface area contributed by atoms with Gasteiger partial charge in [0.15, 0.2) is 5.60 Å². The van der Waals surface area contributed by atoms with E-state index >= 15 is 0 Å². The van der Waals surface area contributed by atoms with Gasteiger partial charge in [0.2, 0.25) is 0 Å². The van der Waals surface area contributed by atoms with Crippen LogP contribution in [0.15, 0.2) is 0 Å². The quantitative estimate of drug-likeness (QED) is 0.426. The maximum atomic E-state index is 12.5. The molecule has 0 radical (unpaired) electrons. The van der Waals surface area contributed by atoms with Crippen LogP contribution in [0.3, 0.4) is 0 Å². The van der Waals surface area contributed by atoms with Gasteiger partial charge in [0.1, 0.15) is 0 Å². The van der Waals surface area contributed by atoms with Crippen molar-refractivity contribution in [2.45, 2.75) is 125 Å². The molecule has 0 spiro atoms. The first-order valence-electron chi connectivity index (χ1n) is 14.5. The molecule has 5 rings (SSSR count). The van der Waals surface area contributed by atoms with Gasteiger partial charge in [-0.25, -0.2) is 4.79 Å². The smallest absolute Gasteiger partial charge is 0.337 e. The molecule has 5 aliphatic carbocycles. The van der Waals surface area contributed by atoms with Crippen LogP contribution in [0.4, 0.5) is 0 Å². The molecule has 3 nitrogen and oxygen atoms in total. The van der Waals surface area contributed by atoms with Gasteiger partial charge in [-0.1, -0.05) is 48.0 Å². The SMILES string of the molecule is COC(=O)C(C)(O)[C@H]1CC[C@]2(C)[C@H]3CC[C@@H]4[C@@]5(C)CCCC(C)(C)[C@@H]5CC[C@@]4(C)[C@]3(C)CC[C@@H]12. The van der Waals surface area contributed by atoms with E-state index in [-0.39, 0.29) is 11.3 Å². The Kier molecular flexibility index (Phi) is 5.52. The molecule has 0 amide bonds. The van der Waals surface area contributed by atoms with E-state index in [0.29, 0.717) is 33.5 Å². The Morgan fingerprint density at radius 3 is 1.97 bits per heavy atom. The zero-order chi connectivity index (χ0) is 24.9. The minimum atomic E-state index is -1.37. The summed E-state index contributed by atoms with van der Waals surface area (Å²) < 4.78 is 5.04. The topological polar surface area (TPSA) is 46.5 Å². The third kappa shape index (κ3) is 2.94. The molecule has 0 saturated heterocycles. The van der Waals surface area contributed by atoms with Crippen molar-refractivity contribution in [3.05, 3.63) is 0 Å². The number of ether oxygens (including phenoxy) is 1. The van der Waals surface area contributed by atoms with Crippen LogP contribution in [0.5, 0.6) is 0 Å². The Labute approximate surface area is 209 Å². The van der Waals surface area contributed by atoms with Crippen LogP contribution in [0.2, 0.25) is 0 Å². The summed E-state index contributed by atoms with van der Waals surface area (Å²) in [6.45, 7) is 17.4. The average molecular weight is 473 g/mol. The zero-order valence-corrected chi connectivity index (χ0v) is 23.4. The molecule has 34 heavy (non-hydrogen) atoms. The third-order valence-corrected chi connectivity index (χ3v) is 14.0. The van der Waals surface area contributed by atoms with Gasteiger partial charge in [-0.15, -0.1) is 0 Å². The molecule has 0 aromatic rings. The number of esters is 1. The predicted molar refractivity (Wildman–Crippen MR) is 137 cm³/mol. The van der Waals surface area contributed by atoms with Crippen molar-refractivity contribution in [1.29, 1.82) is 0 Å². The number of carbonyl (C=O) groups is 1. The minimum Gasteiger partial charge on any atom is -0.467 e. The standard InChI is InChI=1S/C31H52O3/c1-26(2)15-9-16-28(4)22(26)14-19-30(6)24(28)11-10-23-27(3)17-12-21(31(7,33)25(32)34-8)20(27)13-18-29(23,30)5/h20-24,33H,9-19H2,1-8H3/t20-,21-,22-,23+,24+,27-,28-,29+,30+,31?/m0/s1. The van der Waals surface area contributed by atoms with Crippen molar-refractivity contribution < 1.29 is 14.6 Å². The molecule has 1 unspecified atom stereocenters. The van der Waals surface area contributed by atoms with E-state index in [1.54, 1.807) is 6.92 Å². The molecule has 0 bridgehead atoms. The minimum absolute atomic E-state index is 0.0208. The number of hydrogen-bond donors (Lipinski definition) is 1. The number of aliphatic hydroxyl groups is 1. The van der Waals surface area contributed by atoms with Crippen LogP contribution < -0.4 is 0 Å². The van der Waals surface area contributed by atoms with Crippen molar-refractivity contribution in [3.8, 4) is 0 Å². The highest BCUT2D eigenvalue weighted by Gasteiger charge is 2.71. The van der Waals surface area contributed by atoms with Gasteiger partial charge in [-0.3, -0.25) is 0 Å². The van der Waals surface area contributed by atoms with Crippen LogP contribution >= 0.6 is 0 Å². The molecule has 0 aromatic carbocycles. The molecule has 0 aliphatic heterocycles. The summed E-state index contributed by atoms with van der Waals surface area (Å²) in [7, 11) is 1.41. The molecule has 5 aliphatic rings. The largest absolute Gasteiger partial charge is 0.467 e. The fraction of sp³-hybridized carbons (Fsp3) is 0.968. The highest BCUT2D eigenvalue weighted by Crippen LogP contribution is 2.78. The molecule has 0 aromatic heterocycles. The van der Waals surface area contributed by atoms with Crippen LogP contribution in [0, 0.1) is 56.7 Å². The van der Waals surface area contributed by atoms with Gasteiger partial charge in [0, 0.05) is 5.92 Å². The average Bonchev–Trinajstić information content (AvgIpc) is 3.10. The molecule has 194 valence electrons. The Hall–Kier alpha value is -0.570. The summed E-state index contributed by atoms with van der Waals surface area (Å²) in [5.74, 6) is 2.37. The van der Waals surface area contributed by atoms with E-state index in [4.69, 9.17) is 4.74 Å². The van der Waals surface area contributed by atoms with Gasteiger partial charge in [0.25, 0.3) is 0 Å². The van der Waals surface area contributed by atoms with Gasteiger partial charge < -0.3 is 9.84 Å². The second kappa shape index (κ2) is 7.48. The van der Waals surface area contributed by atoms with E-state index in [0.717, 1.165) is 31.1 Å². The molecule has 1 N–H and O–H groups in total. The number of methoxy groups -OCH3 is 1. The second-order valence-corrected chi connectivity index (χ2v) is 15.4. The zero-order valence-electron chi connectivity index (χ0n) is 23.4. The predicted octanol–water partition coefficient (Wildman–Crippen LogP) is 7.40. The highest BCUT2D eigenvalue weighted by molar-refractivity contribution is 5.79. The van der Waals surface area contributed by atoms with Crippen molar-refractivity contribution in [1.82, 2.24) is 0 Å². The van der Waals surface area contributed by atoms with E-state index in [1.807, 2.05) is 0 Å². The van der Waals surface area contributed by atoms with Gasteiger partial charge in [-0.2, -0.15) is 0 Å². The second-order valence-electron chi connectivity index (χ2n) is 15.4. The summed E-state index contributed by atoms with van der Waals surface area (Å²) in [6, 6.07) is 0. The Morgan fingerprint density at radius 1 is 0.765 bits per heavy atom. The van der Waals surface area contributed by atoms with Crippen LogP contribution in [-0.4, -0.2) is 23.8 Å². The maximum absolute atomic E-state index is 12.5. The molecule has 5 fully saturated rings. The monoisotopic (exact) mass is 472 g/mol. The lowest BCUT2D eigenvalue weighted by molar-refractivity contribution is -0.243. The maximum Gasteiger partial charge on any atom is 0.337 e. The van der Waals surface area contributed by atoms with Crippen LogP contribution in [-0.2, 0) is 9.53 Å². The lowest BCUT2D eigenvalue weighted by Crippen LogP contribution is -2.66. The van der Waals surface area contributed by atoms with E-state index in [2.05, 4.69) is 41.5 Å². The van der Waals surface area contributed by atoms with E-state index < -0.39 is 11.6 Å². The fourth-order valence-electron chi connectivity index (χ4n) is 12.3. The molecule has 5 saturated carbocycles. The molecule has 0 heterocycles. The normalized spacial score (nSPS) is 53.5. The van der Waals surface area contributed by atoms with Crippen molar-refractivity contribution >= 4 is 5.97 Å². The molecule has 3 heteroatoms. The van der Waals surface area contributed by atoms with Crippen LogP contribution in [0.1, 0.15) is 119 Å². The fourth-order valence-corrected chi connectivity index (χ4v) is 12.3. The van der Waals surface area contributed by atoms with Crippen molar-refractivity contribution in [3.63, 3.8) is 0 Å². The molecular formula is C31H52O3. The number of fused-ring (bicyclic) bond motifs is 7. The molecular weight excluding hydrogens is 420 g/mol. The van der Waals surface area contributed by atoms with Crippen molar-refractivity contribution in [2.24, 2.45) is 56.7 Å². The first-order valence-corrected chi connectivity index (χ1v) is 14.5. The third-order valence-electron chi connectivity index (χ3n) is 14.0. The Morgan fingerprint density at radius 2 is 1.35 bits per heavy atom. The number of rotatable bonds is 2.